The summed E-state index contributed by atoms with van der Waals surface area (Å²) in [6.45, 7) is 1.26. The van der Waals surface area contributed by atoms with Crippen LogP contribution in [-0.2, 0) is 0 Å². The molecule has 7 heteroatoms. The SMILES string of the molecule is CCOc1ccc(C(=O)N/N=C(/C)c2ccc(OC(F)F)cc2)cc1. The van der Waals surface area contributed by atoms with Crippen molar-refractivity contribution in [1.82, 2.24) is 5.43 Å². The van der Waals surface area contributed by atoms with E-state index in [4.69, 9.17) is 4.74 Å². The summed E-state index contributed by atoms with van der Waals surface area (Å²) in [5.41, 5.74) is 4.10. The average molecular weight is 348 g/mol. The zero-order valence-corrected chi connectivity index (χ0v) is 13.8. The van der Waals surface area contributed by atoms with Crippen LogP contribution in [0.15, 0.2) is 53.6 Å². The van der Waals surface area contributed by atoms with E-state index in [0.717, 1.165) is 0 Å². The largest absolute Gasteiger partial charge is 0.494 e. The molecule has 0 saturated heterocycles. The van der Waals surface area contributed by atoms with Crippen LogP contribution in [0.2, 0.25) is 0 Å². The smallest absolute Gasteiger partial charge is 0.387 e. The molecule has 5 nitrogen and oxygen atoms in total. The van der Waals surface area contributed by atoms with Gasteiger partial charge < -0.3 is 9.47 Å². The molecule has 25 heavy (non-hydrogen) atoms. The standard InChI is InChI=1S/C18H18F2N2O3/c1-3-24-15-8-6-14(7-9-15)17(23)22-21-12(2)13-4-10-16(11-5-13)25-18(19)20/h4-11,18H,3H2,1-2H3,(H,22,23)/b21-12-. The number of benzene rings is 2. The van der Waals surface area contributed by atoms with Gasteiger partial charge in [-0.15, -0.1) is 0 Å². The lowest BCUT2D eigenvalue weighted by Gasteiger charge is -2.07. The summed E-state index contributed by atoms with van der Waals surface area (Å²) >= 11 is 0. The molecule has 0 radical (unpaired) electrons. The number of nitrogens with one attached hydrogen (secondary N) is 1. The van der Waals surface area contributed by atoms with Crippen LogP contribution in [0.1, 0.15) is 29.8 Å². The van der Waals surface area contributed by atoms with Gasteiger partial charge in [-0.3, -0.25) is 4.79 Å². The van der Waals surface area contributed by atoms with Gasteiger partial charge in [-0.1, -0.05) is 0 Å². The van der Waals surface area contributed by atoms with Crippen LogP contribution in [0.3, 0.4) is 0 Å². The molecule has 132 valence electrons. The fourth-order valence-corrected chi connectivity index (χ4v) is 2.01. The molecule has 0 heterocycles. The highest BCUT2D eigenvalue weighted by molar-refractivity contribution is 6.00. The van der Waals surface area contributed by atoms with E-state index in [2.05, 4.69) is 15.3 Å². The predicted octanol–water partition coefficient (Wildman–Crippen LogP) is 3.84. The molecule has 0 unspecified atom stereocenters. The normalized spacial score (nSPS) is 11.3. The first-order valence-corrected chi connectivity index (χ1v) is 7.62. The number of hydrogen-bond acceptors (Lipinski definition) is 4. The topological polar surface area (TPSA) is 59.9 Å². The predicted molar refractivity (Wildman–Crippen MR) is 90.4 cm³/mol. The maximum Gasteiger partial charge on any atom is 0.387 e. The van der Waals surface area contributed by atoms with E-state index in [1.165, 1.54) is 12.1 Å². The highest BCUT2D eigenvalue weighted by Crippen LogP contribution is 2.15. The first-order chi connectivity index (χ1) is 12.0. The monoisotopic (exact) mass is 348 g/mol. The van der Waals surface area contributed by atoms with Gasteiger partial charge in [0.15, 0.2) is 0 Å². The summed E-state index contributed by atoms with van der Waals surface area (Å²) in [5.74, 6) is 0.384. The third-order valence-electron chi connectivity index (χ3n) is 3.25. The minimum atomic E-state index is -2.87. The minimum Gasteiger partial charge on any atom is -0.494 e. The summed E-state index contributed by atoms with van der Waals surface area (Å²) in [4.78, 5) is 12.1. The van der Waals surface area contributed by atoms with Crippen molar-refractivity contribution < 1.29 is 23.0 Å². The Bertz CT molecular complexity index is 729. The van der Waals surface area contributed by atoms with E-state index in [9.17, 15) is 13.6 Å². The molecule has 1 N–H and O–H groups in total. The van der Waals surface area contributed by atoms with Gasteiger partial charge >= 0.3 is 6.61 Å². The Kier molecular flexibility index (Phi) is 6.45. The van der Waals surface area contributed by atoms with E-state index in [-0.39, 0.29) is 11.7 Å². The summed E-state index contributed by atoms with van der Waals surface area (Å²) in [6.07, 6.45) is 0. The Labute approximate surface area is 144 Å². The first kappa shape index (κ1) is 18.4. The number of amides is 1. The molecule has 0 fully saturated rings. The number of rotatable bonds is 7. The highest BCUT2D eigenvalue weighted by Gasteiger charge is 2.07. The molecule has 0 aliphatic heterocycles. The molecular weight excluding hydrogens is 330 g/mol. The van der Waals surface area contributed by atoms with E-state index in [1.54, 1.807) is 43.3 Å². The lowest BCUT2D eigenvalue weighted by Crippen LogP contribution is -2.19. The van der Waals surface area contributed by atoms with Crippen LogP contribution in [0.5, 0.6) is 11.5 Å². The van der Waals surface area contributed by atoms with Crippen molar-refractivity contribution in [2.75, 3.05) is 6.61 Å². The molecule has 2 rings (SSSR count). The van der Waals surface area contributed by atoms with Crippen LogP contribution in [0.25, 0.3) is 0 Å². The Morgan fingerprint density at radius 1 is 1.04 bits per heavy atom. The highest BCUT2D eigenvalue weighted by atomic mass is 19.3. The Morgan fingerprint density at radius 3 is 2.16 bits per heavy atom. The third-order valence-corrected chi connectivity index (χ3v) is 3.25. The summed E-state index contributed by atoms with van der Waals surface area (Å²) in [7, 11) is 0. The Balaban J connectivity index is 1.98. The second-order valence-electron chi connectivity index (χ2n) is 5.00. The van der Waals surface area contributed by atoms with Gasteiger partial charge in [-0.2, -0.15) is 13.9 Å². The fourth-order valence-electron chi connectivity index (χ4n) is 2.01. The summed E-state index contributed by atoms with van der Waals surface area (Å²) in [6, 6.07) is 12.7. The van der Waals surface area contributed by atoms with Crippen molar-refractivity contribution in [3.8, 4) is 11.5 Å². The van der Waals surface area contributed by atoms with Gasteiger partial charge in [0, 0.05) is 5.56 Å². The minimum absolute atomic E-state index is 0.0602. The van der Waals surface area contributed by atoms with Crippen LogP contribution in [0, 0.1) is 0 Å². The zero-order chi connectivity index (χ0) is 18.2. The van der Waals surface area contributed by atoms with Gasteiger partial charge in [0.25, 0.3) is 5.91 Å². The van der Waals surface area contributed by atoms with Gasteiger partial charge in [0.2, 0.25) is 0 Å². The number of nitrogens with zero attached hydrogens (tertiary/aromatic N) is 1. The number of ether oxygens (including phenoxy) is 2. The van der Waals surface area contributed by atoms with Gasteiger partial charge in [0.05, 0.1) is 12.3 Å². The van der Waals surface area contributed by atoms with Gasteiger partial charge in [0.1, 0.15) is 11.5 Å². The second-order valence-corrected chi connectivity index (χ2v) is 5.00. The zero-order valence-electron chi connectivity index (χ0n) is 13.8. The average Bonchev–Trinajstić information content (AvgIpc) is 2.60. The van der Waals surface area contributed by atoms with Crippen molar-refractivity contribution >= 4 is 11.6 Å². The summed E-state index contributed by atoms with van der Waals surface area (Å²) < 4.78 is 33.8. The molecule has 0 atom stereocenters. The number of halogens is 2. The molecule has 0 saturated carbocycles. The molecule has 0 spiro atoms. The molecule has 2 aromatic rings. The number of carbonyl (C=O) groups excluding carboxylic acids is 1. The van der Waals surface area contributed by atoms with Crippen LogP contribution in [0.4, 0.5) is 8.78 Å². The van der Waals surface area contributed by atoms with Crippen molar-refractivity contribution in [2.24, 2.45) is 5.10 Å². The third kappa shape index (κ3) is 5.56. The molecule has 0 aromatic heterocycles. The van der Waals surface area contributed by atoms with Crippen molar-refractivity contribution in [3.63, 3.8) is 0 Å². The maximum atomic E-state index is 12.1. The van der Waals surface area contributed by atoms with E-state index in [1.807, 2.05) is 6.92 Å². The quantitative estimate of drug-likeness (QED) is 0.611. The number of hydrazone groups is 1. The Hall–Kier alpha value is -2.96. The van der Waals surface area contributed by atoms with E-state index in [0.29, 0.717) is 29.2 Å². The molecule has 0 aliphatic carbocycles. The molecule has 0 aliphatic rings. The molecule has 0 bridgehead atoms. The van der Waals surface area contributed by atoms with E-state index < -0.39 is 6.61 Å². The lowest BCUT2D eigenvalue weighted by molar-refractivity contribution is -0.0498. The first-order valence-electron chi connectivity index (χ1n) is 7.62. The van der Waals surface area contributed by atoms with Crippen LogP contribution in [-0.4, -0.2) is 24.8 Å². The van der Waals surface area contributed by atoms with Crippen molar-refractivity contribution in [1.29, 1.82) is 0 Å². The summed E-state index contributed by atoms with van der Waals surface area (Å²) in [5, 5.41) is 4.02. The fraction of sp³-hybridized carbons (Fsp3) is 0.222. The number of carbonyl (C=O) groups is 1. The molecular formula is C18H18F2N2O3. The van der Waals surface area contributed by atoms with Crippen LogP contribution >= 0.6 is 0 Å². The van der Waals surface area contributed by atoms with E-state index >= 15 is 0 Å². The van der Waals surface area contributed by atoms with Crippen molar-refractivity contribution in [3.05, 3.63) is 59.7 Å². The molecule has 1 amide bonds. The van der Waals surface area contributed by atoms with Gasteiger partial charge in [-0.25, -0.2) is 5.43 Å². The van der Waals surface area contributed by atoms with Crippen LogP contribution < -0.4 is 14.9 Å². The maximum absolute atomic E-state index is 12.1. The number of hydrogen-bond donors (Lipinski definition) is 1. The Morgan fingerprint density at radius 2 is 1.60 bits per heavy atom. The van der Waals surface area contributed by atoms with Crippen molar-refractivity contribution in [2.45, 2.75) is 20.5 Å². The lowest BCUT2D eigenvalue weighted by atomic mass is 10.1. The second kappa shape index (κ2) is 8.77. The molecule has 2 aromatic carbocycles. The number of alkyl halides is 2. The van der Waals surface area contributed by atoms with Gasteiger partial charge in [-0.05, 0) is 67.9 Å².